The van der Waals surface area contributed by atoms with Crippen LogP contribution in [0.4, 0.5) is 17.1 Å². The summed E-state index contributed by atoms with van der Waals surface area (Å²) in [5.41, 5.74) is 10.6. The standard InChI is InChI=1S/C52H35N/c1-3-15-36(16-4-1)37-27-31-41(32-28-37)53(42-33-29-38(30-34-42)50-35-40-19-7-8-20-43(40)44-21-9-10-24-47(44)50)52-49-26-14-12-23-46(49)45-22-11-13-25-48(45)51(52)39-17-5-2-6-18-39/h1-35H. The van der Waals surface area contributed by atoms with Gasteiger partial charge in [-0.25, -0.2) is 0 Å². The van der Waals surface area contributed by atoms with Gasteiger partial charge in [0.15, 0.2) is 0 Å². The quantitative estimate of drug-likeness (QED) is 0.159. The van der Waals surface area contributed by atoms with E-state index in [2.05, 4.69) is 217 Å². The van der Waals surface area contributed by atoms with E-state index in [1.54, 1.807) is 0 Å². The average Bonchev–Trinajstić information content (AvgIpc) is 3.24. The molecule has 0 saturated heterocycles. The largest absolute Gasteiger partial charge is 0.309 e. The predicted molar refractivity (Wildman–Crippen MR) is 227 cm³/mol. The van der Waals surface area contributed by atoms with E-state index in [4.69, 9.17) is 0 Å². The van der Waals surface area contributed by atoms with Crippen LogP contribution in [-0.4, -0.2) is 0 Å². The number of rotatable bonds is 6. The molecule has 0 bridgehead atoms. The van der Waals surface area contributed by atoms with Gasteiger partial charge in [0, 0.05) is 22.3 Å². The Morgan fingerprint density at radius 2 is 0.679 bits per heavy atom. The van der Waals surface area contributed by atoms with Gasteiger partial charge in [0.25, 0.3) is 0 Å². The predicted octanol–water partition coefficient (Wildman–Crippen LogP) is 14.8. The molecule has 0 aromatic heterocycles. The fourth-order valence-corrected chi connectivity index (χ4v) is 8.18. The van der Waals surface area contributed by atoms with Crippen LogP contribution in [0, 0.1) is 0 Å². The molecule has 0 aliphatic carbocycles. The van der Waals surface area contributed by atoms with Gasteiger partial charge in [-0.1, -0.05) is 182 Å². The van der Waals surface area contributed by atoms with Crippen molar-refractivity contribution in [2.75, 3.05) is 4.90 Å². The van der Waals surface area contributed by atoms with Crippen LogP contribution in [-0.2, 0) is 0 Å². The summed E-state index contributed by atoms with van der Waals surface area (Å²) in [5, 5.41) is 10.0. The lowest BCUT2D eigenvalue weighted by atomic mass is 9.89. The van der Waals surface area contributed by atoms with Crippen molar-refractivity contribution >= 4 is 60.2 Å². The molecule has 0 N–H and O–H groups in total. The summed E-state index contributed by atoms with van der Waals surface area (Å²) in [6.07, 6.45) is 0. The monoisotopic (exact) mass is 673 g/mol. The molecule has 0 amide bonds. The second kappa shape index (κ2) is 13.0. The summed E-state index contributed by atoms with van der Waals surface area (Å²) >= 11 is 0. The zero-order valence-electron chi connectivity index (χ0n) is 29.2. The Labute approximate surface area is 309 Å². The van der Waals surface area contributed by atoms with E-state index in [0.717, 1.165) is 11.4 Å². The maximum Gasteiger partial charge on any atom is 0.0624 e. The lowest BCUT2D eigenvalue weighted by Crippen LogP contribution is -2.12. The smallest absolute Gasteiger partial charge is 0.0624 e. The summed E-state index contributed by atoms with van der Waals surface area (Å²) in [6.45, 7) is 0. The van der Waals surface area contributed by atoms with Crippen molar-refractivity contribution in [1.29, 1.82) is 0 Å². The molecule has 10 aromatic rings. The molecule has 0 saturated carbocycles. The highest BCUT2D eigenvalue weighted by Gasteiger charge is 2.23. The maximum atomic E-state index is 2.47. The first-order valence-electron chi connectivity index (χ1n) is 18.3. The van der Waals surface area contributed by atoms with Gasteiger partial charge >= 0.3 is 0 Å². The van der Waals surface area contributed by atoms with Crippen LogP contribution >= 0.6 is 0 Å². The molecule has 0 radical (unpaired) electrons. The second-order valence-corrected chi connectivity index (χ2v) is 13.7. The molecule has 10 aromatic carbocycles. The highest BCUT2D eigenvalue weighted by molar-refractivity contribution is 6.22. The van der Waals surface area contributed by atoms with E-state index in [-0.39, 0.29) is 0 Å². The SMILES string of the molecule is c1ccc(-c2ccc(N(c3ccc(-c4cc5ccccc5c5ccccc45)cc3)c3c(-c4ccccc4)c4ccccc4c4ccccc34)cc2)cc1. The van der Waals surface area contributed by atoms with Gasteiger partial charge in [-0.2, -0.15) is 0 Å². The number of hydrogen-bond acceptors (Lipinski definition) is 1. The fourth-order valence-electron chi connectivity index (χ4n) is 8.18. The minimum absolute atomic E-state index is 1.10. The molecule has 248 valence electrons. The molecular formula is C52H35N. The minimum Gasteiger partial charge on any atom is -0.309 e. The van der Waals surface area contributed by atoms with E-state index < -0.39 is 0 Å². The molecule has 0 aliphatic rings. The molecule has 1 nitrogen and oxygen atoms in total. The van der Waals surface area contributed by atoms with Gasteiger partial charge in [-0.3, -0.25) is 0 Å². The summed E-state index contributed by atoms with van der Waals surface area (Å²) in [6, 6.07) is 77.2. The molecule has 53 heavy (non-hydrogen) atoms. The molecule has 0 unspecified atom stereocenters. The highest BCUT2D eigenvalue weighted by Crippen LogP contribution is 2.49. The van der Waals surface area contributed by atoms with Crippen molar-refractivity contribution in [3.63, 3.8) is 0 Å². The zero-order chi connectivity index (χ0) is 35.1. The zero-order valence-corrected chi connectivity index (χ0v) is 29.2. The first-order valence-corrected chi connectivity index (χ1v) is 18.3. The molecule has 10 rings (SSSR count). The van der Waals surface area contributed by atoms with Gasteiger partial charge in [-0.15, -0.1) is 0 Å². The van der Waals surface area contributed by atoms with Crippen LogP contribution < -0.4 is 4.90 Å². The lowest BCUT2D eigenvalue weighted by Gasteiger charge is -2.31. The third kappa shape index (κ3) is 5.34. The average molecular weight is 674 g/mol. The van der Waals surface area contributed by atoms with Crippen molar-refractivity contribution < 1.29 is 0 Å². The normalized spacial score (nSPS) is 11.4. The summed E-state index contributed by atoms with van der Waals surface area (Å²) in [5.74, 6) is 0. The molecule has 0 fully saturated rings. The Kier molecular flexibility index (Phi) is 7.55. The van der Waals surface area contributed by atoms with E-state index in [0.29, 0.717) is 0 Å². The first kappa shape index (κ1) is 30.8. The van der Waals surface area contributed by atoms with E-state index in [1.807, 2.05) is 0 Å². The summed E-state index contributed by atoms with van der Waals surface area (Å²) in [7, 11) is 0. The molecular weight excluding hydrogens is 639 g/mol. The Balaban J connectivity index is 1.23. The Hall–Kier alpha value is -6.96. The van der Waals surface area contributed by atoms with E-state index >= 15 is 0 Å². The van der Waals surface area contributed by atoms with Crippen molar-refractivity contribution in [2.45, 2.75) is 0 Å². The van der Waals surface area contributed by atoms with Crippen LogP contribution in [0.2, 0.25) is 0 Å². The van der Waals surface area contributed by atoms with Crippen molar-refractivity contribution in [3.8, 4) is 33.4 Å². The molecule has 0 heterocycles. The summed E-state index contributed by atoms with van der Waals surface area (Å²) < 4.78 is 0. The number of benzene rings is 10. The molecule has 0 aliphatic heterocycles. The highest BCUT2D eigenvalue weighted by atomic mass is 15.1. The van der Waals surface area contributed by atoms with Gasteiger partial charge in [0.05, 0.1) is 5.69 Å². The molecule has 0 atom stereocenters. The van der Waals surface area contributed by atoms with E-state index in [1.165, 1.54) is 82.2 Å². The third-order valence-electron chi connectivity index (χ3n) is 10.6. The number of hydrogen-bond donors (Lipinski definition) is 0. The van der Waals surface area contributed by atoms with E-state index in [9.17, 15) is 0 Å². The van der Waals surface area contributed by atoms with Crippen LogP contribution in [0.1, 0.15) is 0 Å². The second-order valence-electron chi connectivity index (χ2n) is 13.7. The fraction of sp³-hybridized carbons (Fsp3) is 0. The van der Waals surface area contributed by atoms with Crippen molar-refractivity contribution in [2.24, 2.45) is 0 Å². The topological polar surface area (TPSA) is 3.24 Å². The minimum atomic E-state index is 1.10. The molecule has 1 heteroatoms. The van der Waals surface area contributed by atoms with Gasteiger partial charge in [0.1, 0.15) is 0 Å². The van der Waals surface area contributed by atoms with Gasteiger partial charge < -0.3 is 4.90 Å². The first-order chi connectivity index (χ1) is 26.3. The summed E-state index contributed by atoms with van der Waals surface area (Å²) in [4.78, 5) is 2.47. The third-order valence-corrected chi connectivity index (χ3v) is 10.6. The Morgan fingerprint density at radius 1 is 0.264 bits per heavy atom. The van der Waals surface area contributed by atoms with Crippen LogP contribution in [0.15, 0.2) is 212 Å². The lowest BCUT2D eigenvalue weighted by molar-refractivity contribution is 1.30. The van der Waals surface area contributed by atoms with Crippen LogP contribution in [0.5, 0.6) is 0 Å². The molecule has 0 spiro atoms. The van der Waals surface area contributed by atoms with Crippen molar-refractivity contribution in [3.05, 3.63) is 212 Å². The number of nitrogens with zero attached hydrogens (tertiary/aromatic N) is 1. The number of anilines is 3. The Morgan fingerprint density at radius 3 is 1.30 bits per heavy atom. The van der Waals surface area contributed by atoms with Gasteiger partial charge in [-0.05, 0) is 95.9 Å². The maximum absolute atomic E-state index is 2.47. The van der Waals surface area contributed by atoms with Crippen LogP contribution in [0.25, 0.3) is 76.5 Å². The number of fused-ring (bicyclic) bond motifs is 6. The van der Waals surface area contributed by atoms with Crippen molar-refractivity contribution in [1.82, 2.24) is 0 Å². The Bertz CT molecular complexity index is 2910. The van der Waals surface area contributed by atoms with Crippen LogP contribution in [0.3, 0.4) is 0 Å². The van der Waals surface area contributed by atoms with Gasteiger partial charge in [0.2, 0.25) is 0 Å².